The van der Waals surface area contributed by atoms with Crippen molar-refractivity contribution in [2.24, 2.45) is 0 Å². The third-order valence-electron chi connectivity index (χ3n) is 3.54. The van der Waals surface area contributed by atoms with Crippen molar-refractivity contribution < 1.29 is 27.5 Å². The Morgan fingerprint density at radius 1 is 1.35 bits per heavy atom. The first-order chi connectivity index (χ1) is 10.8. The van der Waals surface area contributed by atoms with E-state index in [9.17, 15) is 22.8 Å². The zero-order valence-electron chi connectivity index (χ0n) is 12.5. The first-order valence-electron chi connectivity index (χ1n) is 7.07. The molecule has 1 N–H and O–H groups in total. The van der Waals surface area contributed by atoms with Gasteiger partial charge in [0.05, 0.1) is 6.61 Å². The minimum absolute atomic E-state index is 0.154. The summed E-state index contributed by atoms with van der Waals surface area (Å²) in [6.45, 7) is -0.476. The number of esters is 1. The van der Waals surface area contributed by atoms with Crippen molar-refractivity contribution >= 4 is 11.9 Å². The number of hydrogen-bond donors (Lipinski definition) is 1. The Bertz CT molecular complexity index is 572. The molecule has 0 bridgehead atoms. The lowest BCUT2D eigenvalue weighted by Gasteiger charge is -2.20. The van der Waals surface area contributed by atoms with E-state index in [4.69, 9.17) is 4.74 Å². The maximum absolute atomic E-state index is 12.1. The molecule has 126 valence electrons. The van der Waals surface area contributed by atoms with Crippen LogP contribution in [0.15, 0.2) is 24.3 Å². The van der Waals surface area contributed by atoms with Gasteiger partial charge in [0.15, 0.2) is 0 Å². The van der Waals surface area contributed by atoms with Gasteiger partial charge in [-0.05, 0) is 24.7 Å². The number of halogens is 3. The molecular weight excluding hydrogens is 313 g/mol. The summed E-state index contributed by atoms with van der Waals surface area (Å²) < 4.78 is 41.1. The van der Waals surface area contributed by atoms with Crippen molar-refractivity contribution in [2.75, 3.05) is 20.2 Å². The van der Waals surface area contributed by atoms with Crippen LogP contribution in [0.2, 0.25) is 0 Å². The molecule has 0 radical (unpaired) electrons. The summed E-state index contributed by atoms with van der Waals surface area (Å²) in [5.41, 5.74) is 1.00. The summed E-state index contributed by atoms with van der Waals surface area (Å²) in [6.07, 6.45) is -3.80. The number of nitrogens with one attached hydrogen (secondary N) is 1. The van der Waals surface area contributed by atoms with Crippen molar-refractivity contribution in [3.05, 3.63) is 35.4 Å². The fraction of sp³-hybridized carbons (Fsp3) is 0.467. The van der Waals surface area contributed by atoms with Crippen LogP contribution in [0.1, 0.15) is 22.3 Å². The van der Waals surface area contributed by atoms with Crippen molar-refractivity contribution in [3.8, 4) is 0 Å². The van der Waals surface area contributed by atoms with Crippen LogP contribution in [-0.4, -0.2) is 49.2 Å². The van der Waals surface area contributed by atoms with Gasteiger partial charge in [0.1, 0.15) is 12.6 Å². The second-order valence-corrected chi connectivity index (χ2v) is 5.38. The van der Waals surface area contributed by atoms with Gasteiger partial charge < -0.3 is 10.1 Å². The highest BCUT2D eigenvalue weighted by molar-refractivity contribution is 5.94. The molecule has 1 atom stereocenters. The van der Waals surface area contributed by atoms with Crippen LogP contribution in [-0.2, 0) is 16.1 Å². The molecule has 1 unspecified atom stereocenters. The smallest absolute Gasteiger partial charge is 0.405 e. The van der Waals surface area contributed by atoms with E-state index in [0.29, 0.717) is 19.6 Å². The molecule has 23 heavy (non-hydrogen) atoms. The van der Waals surface area contributed by atoms with E-state index in [1.54, 1.807) is 19.2 Å². The molecule has 8 heteroatoms. The molecular formula is C15H17F3N2O3. The molecule has 5 nitrogen and oxygen atoms in total. The first kappa shape index (κ1) is 17.3. The van der Waals surface area contributed by atoms with Gasteiger partial charge in [-0.2, -0.15) is 13.2 Å². The first-order valence-corrected chi connectivity index (χ1v) is 7.07. The van der Waals surface area contributed by atoms with Gasteiger partial charge in [-0.3, -0.25) is 14.5 Å². The number of carbonyl (C=O) groups is 2. The topological polar surface area (TPSA) is 58.6 Å². The molecule has 1 aliphatic heterocycles. The number of carbonyl (C=O) groups excluding carboxylic acids is 2. The van der Waals surface area contributed by atoms with Gasteiger partial charge in [-0.15, -0.1) is 0 Å². The quantitative estimate of drug-likeness (QED) is 0.836. The van der Waals surface area contributed by atoms with Crippen LogP contribution >= 0.6 is 0 Å². The predicted octanol–water partition coefficient (Wildman–Crippen LogP) is 1.73. The highest BCUT2D eigenvalue weighted by Gasteiger charge is 2.30. The standard InChI is InChI=1S/C15H17F3N2O3/c1-20(12-6-7-23-14(12)22)8-10-2-4-11(5-3-10)13(21)19-9-15(16,17)18/h2-5,12H,6-9H2,1H3,(H,19,21). The molecule has 1 aliphatic rings. The summed E-state index contributed by atoms with van der Waals surface area (Å²) in [6, 6.07) is 5.94. The van der Waals surface area contributed by atoms with E-state index in [0.717, 1.165) is 5.56 Å². The van der Waals surface area contributed by atoms with Crippen LogP contribution in [0.3, 0.4) is 0 Å². The number of nitrogens with zero attached hydrogens (tertiary/aromatic N) is 1. The number of ether oxygens (including phenoxy) is 1. The highest BCUT2D eigenvalue weighted by atomic mass is 19.4. The van der Waals surface area contributed by atoms with E-state index in [1.807, 2.05) is 10.2 Å². The number of alkyl halides is 3. The molecule has 0 aliphatic carbocycles. The van der Waals surface area contributed by atoms with Crippen molar-refractivity contribution in [2.45, 2.75) is 25.2 Å². The number of likely N-dealkylation sites (N-methyl/N-ethyl adjacent to an activating group) is 1. The average Bonchev–Trinajstić information content (AvgIpc) is 2.91. The van der Waals surface area contributed by atoms with E-state index >= 15 is 0 Å². The van der Waals surface area contributed by atoms with Crippen molar-refractivity contribution in [1.82, 2.24) is 10.2 Å². The largest absolute Gasteiger partial charge is 0.464 e. The van der Waals surface area contributed by atoms with E-state index < -0.39 is 18.6 Å². The van der Waals surface area contributed by atoms with Gasteiger partial charge in [-0.1, -0.05) is 12.1 Å². The molecule has 1 fully saturated rings. The molecule has 2 rings (SSSR count). The third kappa shape index (κ3) is 4.95. The van der Waals surface area contributed by atoms with Crippen LogP contribution < -0.4 is 5.32 Å². The Kier molecular flexibility index (Phi) is 5.25. The normalized spacial score (nSPS) is 18.1. The number of amides is 1. The molecule has 0 spiro atoms. The van der Waals surface area contributed by atoms with E-state index in [2.05, 4.69) is 0 Å². The summed E-state index contributed by atoms with van der Waals surface area (Å²) >= 11 is 0. The van der Waals surface area contributed by atoms with Gasteiger partial charge >= 0.3 is 12.1 Å². The minimum atomic E-state index is -4.44. The molecule has 0 aromatic heterocycles. The monoisotopic (exact) mass is 330 g/mol. The van der Waals surface area contributed by atoms with Crippen LogP contribution in [0.25, 0.3) is 0 Å². The second-order valence-electron chi connectivity index (χ2n) is 5.38. The fourth-order valence-corrected chi connectivity index (χ4v) is 2.33. The molecule has 1 aromatic carbocycles. The zero-order valence-corrected chi connectivity index (χ0v) is 12.5. The van der Waals surface area contributed by atoms with Gasteiger partial charge in [0, 0.05) is 18.5 Å². The Morgan fingerprint density at radius 3 is 2.52 bits per heavy atom. The molecule has 1 saturated heterocycles. The van der Waals surface area contributed by atoms with Crippen LogP contribution in [0, 0.1) is 0 Å². The summed E-state index contributed by atoms with van der Waals surface area (Å²) in [5.74, 6) is -1.03. The Labute approximate surface area is 131 Å². The lowest BCUT2D eigenvalue weighted by Crippen LogP contribution is -2.35. The SMILES string of the molecule is CN(Cc1ccc(C(=O)NCC(F)(F)F)cc1)C1CCOC1=O. The summed E-state index contributed by atoms with van der Waals surface area (Å²) in [4.78, 5) is 24.9. The lowest BCUT2D eigenvalue weighted by molar-refractivity contribution is -0.142. The highest BCUT2D eigenvalue weighted by Crippen LogP contribution is 2.16. The maximum Gasteiger partial charge on any atom is 0.405 e. The summed E-state index contributed by atoms with van der Waals surface area (Å²) in [7, 11) is 1.79. The van der Waals surface area contributed by atoms with Gasteiger partial charge in [0.25, 0.3) is 5.91 Å². The maximum atomic E-state index is 12.1. The minimum Gasteiger partial charge on any atom is -0.464 e. The van der Waals surface area contributed by atoms with Crippen molar-refractivity contribution in [3.63, 3.8) is 0 Å². The van der Waals surface area contributed by atoms with Crippen LogP contribution in [0.5, 0.6) is 0 Å². The predicted molar refractivity (Wildman–Crippen MR) is 75.7 cm³/mol. The number of benzene rings is 1. The zero-order chi connectivity index (χ0) is 17.0. The second kappa shape index (κ2) is 6.99. The third-order valence-corrected chi connectivity index (χ3v) is 3.54. The number of cyclic esters (lactones) is 1. The van der Waals surface area contributed by atoms with Gasteiger partial charge in [0.2, 0.25) is 0 Å². The fourth-order valence-electron chi connectivity index (χ4n) is 2.33. The Balaban J connectivity index is 1.91. The number of rotatable bonds is 5. The van der Waals surface area contributed by atoms with E-state index in [-0.39, 0.29) is 17.6 Å². The molecule has 1 amide bonds. The van der Waals surface area contributed by atoms with Crippen molar-refractivity contribution in [1.29, 1.82) is 0 Å². The average molecular weight is 330 g/mol. The van der Waals surface area contributed by atoms with Crippen LogP contribution in [0.4, 0.5) is 13.2 Å². The molecule has 1 heterocycles. The summed E-state index contributed by atoms with van der Waals surface area (Å²) in [5, 5.41) is 1.81. The molecule has 0 saturated carbocycles. The van der Waals surface area contributed by atoms with E-state index in [1.165, 1.54) is 12.1 Å². The van der Waals surface area contributed by atoms with Gasteiger partial charge in [-0.25, -0.2) is 0 Å². The lowest BCUT2D eigenvalue weighted by atomic mass is 10.1. The molecule has 1 aromatic rings. The number of hydrogen-bond acceptors (Lipinski definition) is 4. The Morgan fingerprint density at radius 2 is 2.00 bits per heavy atom. The Hall–Kier alpha value is -2.09.